The van der Waals surface area contributed by atoms with Crippen LogP contribution in [0.5, 0.6) is 17.2 Å². The Kier molecular flexibility index (Phi) is 6.05. The molecule has 2 aromatic rings. The molecule has 8 heteroatoms. The number of carboxylic acids is 2. The molecule has 3 N–H and O–H groups in total. The van der Waals surface area contributed by atoms with E-state index in [0.717, 1.165) is 29.5 Å². The molecule has 0 saturated heterocycles. The summed E-state index contributed by atoms with van der Waals surface area (Å²) in [6.45, 7) is 1.06. The van der Waals surface area contributed by atoms with Crippen molar-refractivity contribution in [2.75, 3.05) is 19.2 Å². The van der Waals surface area contributed by atoms with Crippen LogP contribution in [0.2, 0.25) is 0 Å². The minimum atomic E-state index is -1.82. The van der Waals surface area contributed by atoms with Crippen molar-refractivity contribution in [1.82, 2.24) is 0 Å². The van der Waals surface area contributed by atoms with E-state index in [0.29, 0.717) is 6.79 Å². The van der Waals surface area contributed by atoms with Gasteiger partial charge in [-0.1, -0.05) is 12.1 Å². The summed E-state index contributed by atoms with van der Waals surface area (Å²) in [6, 6.07) is 13.8. The fraction of sp³-hybridized carbons (Fsp3) is 0.176. The van der Waals surface area contributed by atoms with Crippen LogP contribution in [0.4, 0.5) is 5.69 Å². The number of carbonyl (C=O) groups is 2. The Morgan fingerprint density at radius 3 is 2.28 bits per heavy atom. The molecule has 8 nitrogen and oxygen atoms in total. The zero-order chi connectivity index (χ0) is 18.2. The number of aliphatic carboxylic acids is 2. The predicted octanol–water partition coefficient (Wildman–Crippen LogP) is 2.19. The second-order valence-electron chi connectivity index (χ2n) is 4.88. The van der Waals surface area contributed by atoms with E-state index in [1.165, 1.54) is 5.56 Å². The van der Waals surface area contributed by atoms with Crippen LogP contribution in [0.1, 0.15) is 5.56 Å². The van der Waals surface area contributed by atoms with Gasteiger partial charge in [-0.25, -0.2) is 9.59 Å². The van der Waals surface area contributed by atoms with Gasteiger partial charge in [-0.2, -0.15) is 0 Å². The van der Waals surface area contributed by atoms with Gasteiger partial charge in [0.25, 0.3) is 0 Å². The second-order valence-corrected chi connectivity index (χ2v) is 4.88. The van der Waals surface area contributed by atoms with Crippen molar-refractivity contribution in [3.8, 4) is 17.2 Å². The highest BCUT2D eigenvalue weighted by molar-refractivity contribution is 6.27. The summed E-state index contributed by atoms with van der Waals surface area (Å²) in [5.74, 6) is -1.19. The minimum Gasteiger partial charge on any atom is -0.497 e. The van der Waals surface area contributed by atoms with E-state index >= 15 is 0 Å². The van der Waals surface area contributed by atoms with Gasteiger partial charge in [-0.05, 0) is 29.8 Å². The molecule has 0 radical (unpaired) electrons. The van der Waals surface area contributed by atoms with Crippen molar-refractivity contribution in [3.05, 3.63) is 48.0 Å². The number of methoxy groups -OCH3 is 1. The van der Waals surface area contributed by atoms with Crippen molar-refractivity contribution in [2.45, 2.75) is 6.54 Å². The van der Waals surface area contributed by atoms with E-state index in [9.17, 15) is 0 Å². The van der Waals surface area contributed by atoms with Crippen molar-refractivity contribution in [3.63, 3.8) is 0 Å². The Bertz CT molecular complexity index is 731. The number of hydrogen-bond donors (Lipinski definition) is 3. The lowest BCUT2D eigenvalue weighted by atomic mass is 10.2. The van der Waals surface area contributed by atoms with Crippen molar-refractivity contribution in [2.24, 2.45) is 0 Å². The SMILES string of the molecule is COc1ccc(CNc2ccc3c(c2)OCO3)cc1.O=C(O)C(=O)O. The van der Waals surface area contributed by atoms with Gasteiger partial charge in [-0.3, -0.25) is 0 Å². The van der Waals surface area contributed by atoms with Gasteiger partial charge in [0.1, 0.15) is 5.75 Å². The monoisotopic (exact) mass is 347 g/mol. The third-order valence-corrected chi connectivity index (χ3v) is 3.21. The van der Waals surface area contributed by atoms with Crippen LogP contribution in [-0.4, -0.2) is 36.1 Å². The molecule has 0 fully saturated rings. The Balaban J connectivity index is 0.000000326. The molecule has 25 heavy (non-hydrogen) atoms. The van der Waals surface area contributed by atoms with Gasteiger partial charge in [-0.15, -0.1) is 0 Å². The smallest absolute Gasteiger partial charge is 0.414 e. The predicted molar refractivity (Wildman–Crippen MR) is 88.2 cm³/mol. The van der Waals surface area contributed by atoms with Gasteiger partial charge in [0.2, 0.25) is 6.79 Å². The Hall–Kier alpha value is -3.42. The van der Waals surface area contributed by atoms with E-state index in [-0.39, 0.29) is 0 Å². The highest BCUT2D eigenvalue weighted by Gasteiger charge is 2.12. The Morgan fingerprint density at radius 2 is 1.68 bits per heavy atom. The molecule has 2 aromatic carbocycles. The summed E-state index contributed by atoms with van der Waals surface area (Å²) >= 11 is 0. The summed E-state index contributed by atoms with van der Waals surface area (Å²) in [5, 5.41) is 18.1. The first kappa shape index (κ1) is 17.9. The molecular formula is C17H17NO7. The Morgan fingerprint density at radius 1 is 1.04 bits per heavy atom. The second kappa shape index (κ2) is 8.44. The van der Waals surface area contributed by atoms with E-state index in [1.807, 2.05) is 42.5 Å². The first-order chi connectivity index (χ1) is 12.0. The fourth-order valence-corrected chi connectivity index (χ4v) is 1.95. The van der Waals surface area contributed by atoms with Gasteiger partial charge >= 0.3 is 11.9 Å². The van der Waals surface area contributed by atoms with E-state index in [2.05, 4.69) is 5.32 Å². The highest BCUT2D eigenvalue weighted by Crippen LogP contribution is 2.34. The number of rotatable bonds is 4. The standard InChI is InChI=1S/C15H15NO3.C2H2O4/c1-17-13-5-2-11(3-6-13)9-16-12-4-7-14-15(8-12)19-10-18-14;3-1(4)2(5)6/h2-8,16H,9-10H2,1H3;(H,3,4)(H,5,6). The lowest BCUT2D eigenvalue weighted by molar-refractivity contribution is -0.159. The molecule has 0 bridgehead atoms. The molecule has 1 aliphatic heterocycles. The molecule has 132 valence electrons. The zero-order valence-electron chi connectivity index (χ0n) is 13.4. The molecule has 0 unspecified atom stereocenters. The number of benzene rings is 2. The fourth-order valence-electron chi connectivity index (χ4n) is 1.95. The summed E-state index contributed by atoms with van der Waals surface area (Å²) < 4.78 is 15.8. The molecule has 0 atom stereocenters. The van der Waals surface area contributed by atoms with Gasteiger partial charge in [0.05, 0.1) is 7.11 Å². The van der Waals surface area contributed by atoms with E-state index in [1.54, 1.807) is 7.11 Å². The van der Waals surface area contributed by atoms with Crippen LogP contribution in [0.15, 0.2) is 42.5 Å². The lowest BCUT2D eigenvalue weighted by Crippen LogP contribution is -2.09. The molecule has 0 spiro atoms. The van der Waals surface area contributed by atoms with E-state index < -0.39 is 11.9 Å². The molecule has 0 amide bonds. The maximum atomic E-state index is 9.10. The summed E-state index contributed by atoms with van der Waals surface area (Å²) in [6.07, 6.45) is 0. The van der Waals surface area contributed by atoms with Crippen LogP contribution < -0.4 is 19.5 Å². The lowest BCUT2D eigenvalue weighted by Gasteiger charge is -2.08. The topological polar surface area (TPSA) is 114 Å². The summed E-state index contributed by atoms with van der Waals surface area (Å²) in [5.41, 5.74) is 2.21. The first-order valence-corrected chi connectivity index (χ1v) is 7.22. The van der Waals surface area contributed by atoms with Gasteiger partial charge in [0.15, 0.2) is 11.5 Å². The maximum Gasteiger partial charge on any atom is 0.414 e. The quantitative estimate of drug-likeness (QED) is 0.721. The van der Waals surface area contributed by atoms with Crippen molar-refractivity contribution >= 4 is 17.6 Å². The molecular weight excluding hydrogens is 330 g/mol. The average Bonchev–Trinajstić information content (AvgIpc) is 3.08. The number of carboxylic acid groups (broad SMARTS) is 2. The van der Waals surface area contributed by atoms with Crippen LogP contribution >= 0.6 is 0 Å². The largest absolute Gasteiger partial charge is 0.497 e. The normalized spacial score (nSPS) is 11.1. The first-order valence-electron chi connectivity index (χ1n) is 7.22. The highest BCUT2D eigenvalue weighted by atomic mass is 16.7. The number of anilines is 1. The van der Waals surface area contributed by atoms with Gasteiger partial charge < -0.3 is 29.7 Å². The zero-order valence-corrected chi connectivity index (χ0v) is 13.4. The van der Waals surface area contributed by atoms with Crippen LogP contribution in [-0.2, 0) is 16.1 Å². The molecule has 0 aromatic heterocycles. The average molecular weight is 347 g/mol. The molecule has 1 aliphatic rings. The Labute approximate surface area is 143 Å². The third-order valence-electron chi connectivity index (χ3n) is 3.21. The summed E-state index contributed by atoms with van der Waals surface area (Å²) in [4.78, 5) is 18.2. The summed E-state index contributed by atoms with van der Waals surface area (Å²) in [7, 11) is 1.67. The number of fused-ring (bicyclic) bond motifs is 1. The van der Waals surface area contributed by atoms with Crippen LogP contribution in [0, 0.1) is 0 Å². The number of hydrogen-bond acceptors (Lipinski definition) is 6. The minimum absolute atomic E-state index is 0.303. The van der Waals surface area contributed by atoms with E-state index in [4.69, 9.17) is 34.0 Å². The van der Waals surface area contributed by atoms with Crippen molar-refractivity contribution in [1.29, 1.82) is 0 Å². The van der Waals surface area contributed by atoms with Crippen LogP contribution in [0.25, 0.3) is 0 Å². The maximum absolute atomic E-state index is 9.10. The molecule has 1 heterocycles. The number of ether oxygens (including phenoxy) is 3. The molecule has 0 saturated carbocycles. The molecule has 0 aliphatic carbocycles. The molecule has 3 rings (SSSR count). The number of nitrogens with one attached hydrogen (secondary N) is 1. The van der Waals surface area contributed by atoms with Gasteiger partial charge in [0, 0.05) is 18.3 Å². The van der Waals surface area contributed by atoms with Crippen molar-refractivity contribution < 1.29 is 34.0 Å². The third kappa shape index (κ3) is 5.31. The van der Waals surface area contributed by atoms with Crippen LogP contribution in [0.3, 0.4) is 0 Å².